The molecule has 3 atom stereocenters. The molecule has 1 amide bonds. The first kappa shape index (κ1) is 22.5. The normalized spacial score (nSPS) is 25.8. The number of hydrogen-bond donors (Lipinski definition) is 0. The van der Waals surface area contributed by atoms with Crippen molar-refractivity contribution in [1.82, 2.24) is 25.1 Å². The van der Waals surface area contributed by atoms with Crippen LogP contribution < -0.4 is 0 Å². The molecular weight excluding hydrogens is 390 g/mol. The highest BCUT2D eigenvalue weighted by Crippen LogP contribution is 2.33. The third-order valence-electron chi connectivity index (χ3n) is 6.40. The van der Waals surface area contributed by atoms with E-state index >= 15 is 0 Å². The fraction of sp³-hybridized carbons (Fsp3) is 0.900. The minimum absolute atomic E-state index is 0.0637. The summed E-state index contributed by atoms with van der Waals surface area (Å²) >= 11 is 1.64. The minimum Gasteiger partial charge on any atom is -0.379 e. The molecule has 2 aliphatic carbocycles. The van der Waals surface area contributed by atoms with Crippen LogP contribution in [0.5, 0.6) is 0 Å². The van der Waals surface area contributed by atoms with Gasteiger partial charge in [-0.15, -0.1) is 5.10 Å². The Balaban J connectivity index is 1.44. The third kappa shape index (κ3) is 5.92. The summed E-state index contributed by atoms with van der Waals surface area (Å²) in [4.78, 5) is 14.5. The van der Waals surface area contributed by atoms with Gasteiger partial charge in [-0.3, -0.25) is 4.79 Å². The summed E-state index contributed by atoms with van der Waals surface area (Å²) in [5.74, 6) is 1.10. The summed E-state index contributed by atoms with van der Waals surface area (Å²) in [5, 5.41) is 13.1. The van der Waals surface area contributed by atoms with Gasteiger partial charge in [0.25, 0.3) is 0 Å². The van der Waals surface area contributed by atoms with E-state index in [1.807, 2.05) is 16.6 Å². The van der Waals surface area contributed by atoms with Crippen LogP contribution in [0, 0.1) is 0 Å². The van der Waals surface area contributed by atoms with E-state index < -0.39 is 0 Å². The topological polar surface area (TPSA) is 82.4 Å². The highest BCUT2D eigenvalue weighted by molar-refractivity contribution is 7.99. The van der Waals surface area contributed by atoms with Crippen LogP contribution in [-0.2, 0) is 14.3 Å². The first-order valence-electron chi connectivity index (χ1n) is 10.9. The number of hydrogen-bond acceptors (Lipinski definition) is 7. The lowest BCUT2D eigenvalue weighted by atomic mass is 9.90. The van der Waals surface area contributed by atoms with Crippen molar-refractivity contribution in [3.05, 3.63) is 0 Å². The Bertz CT molecular complexity index is 637. The van der Waals surface area contributed by atoms with Crippen LogP contribution in [0.4, 0.5) is 0 Å². The lowest BCUT2D eigenvalue weighted by molar-refractivity contribution is -0.132. The van der Waals surface area contributed by atoms with E-state index in [0.717, 1.165) is 49.4 Å². The van der Waals surface area contributed by atoms with Gasteiger partial charge in [0.15, 0.2) is 0 Å². The minimum atomic E-state index is 0.0637. The van der Waals surface area contributed by atoms with Gasteiger partial charge in [-0.1, -0.05) is 31.0 Å². The Kier molecular flexibility index (Phi) is 8.74. The Morgan fingerprint density at radius 1 is 1.14 bits per heavy atom. The molecule has 9 heteroatoms. The quantitative estimate of drug-likeness (QED) is 0.444. The van der Waals surface area contributed by atoms with Gasteiger partial charge in [-0.05, 0) is 49.0 Å². The zero-order valence-electron chi connectivity index (χ0n) is 18.0. The molecule has 2 fully saturated rings. The number of rotatable bonds is 9. The molecule has 0 bridgehead atoms. The van der Waals surface area contributed by atoms with E-state index in [-0.39, 0.29) is 24.2 Å². The van der Waals surface area contributed by atoms with Crippen molar-refractivity contribution < 1.29 is 14.3 Å². The molecule has 0 N–H and O–H groups in total. The molecule has 3 rings (SSSR count). The Morgan fingerprint density at radius 3 is 2.62 bits per heavy atom. The fourth-order valence-corrected chi connectivity index (χ4v) is 5.45. The van der Waals surface area contributed by atoms with Crippen LogP contribution in [0.3, 0.4) is 0 Å². The second-order valence-electron chi connectivity index (χ2n) is 8.17. The third-order valence-corrected chi connectivity index (χ3v) is 7.42. The lowest BCUT2D eigenvalue weighted by Gasteiger charge is -2.34. The van der Waals surface area contributed by atoms with Crippen molar-refractivity contribution in [2.24, 2.45) is 0 Å². The molecular formula is C20H35N5O3S. The number of methoxy groups -OCH3 is 2. The van der Waals surface area contributed by atoms with Crippen molar-refractivity contribution >= 4 is 17.7 Å². The Labute approximate surface area is 178 Å². The van der Waals surface area contributed by atoms with Crippen molar-refractivity contribution in [1.29, 1.82) is 0 Å². The summed E-state index contributed by atoms with van der Waals surface area (Å²) in [6.45, 7) is 0. The predicted molar refractivity (Wildman–Crippen MR) is 112 cm³/mol. The van der Waals surface area contributed by atoms with Crippen molar-refractivity contribution in [2.75, 3.05) is 27.0 Å². The maximum Gasteiger partial charge on any atom is 0.222 e. The molecule has 1 heterocycles. The molecule has 1 aromatic heterocycles. The number of amides is 1. The number of aromatic nitrogens is 4. The molecule has 2 aliphatic rings. The first-order valence-corrected chi connectivity index (χ1v) is 11.8. The summed E-state index contributed by atoms with van der Waals surface area (Å²) in [7, 11) is 5.44. The summed E-state index contributed by atoms with van der Waals surface area (Å²) in [6, 6.07) is 0.662. The molecule has 164 valence electrons. The number of thioether (sulfide) groups is 1. The zero-order chi connectivity index (χ0) is 20.6. The first-order chi connectivity index (χ1) is 14.1. The molecule has 29 heavy (non-hydrogen) atoms. The number of tetrazole rings is 1. The molecule has 0 saturated heterocycles. The SMILES string of the molecule is COC1CCC(n2nnnc2SCCCC(=O)N(C)C2CCCCC2)CC1OC. The molecule has 2 saturated carbocycles. The average Bonchev–Trinajstić information content (AvgIpc) is 3.24. The van der Waals surface area contributed by atoms with Crippen LogP contribution in [0.2, 0.25) is 0 Å². The smallest absolute Gasteiger partial charge is 0.222 e. The summed E-state index contributed by atoms with van der Waals surface area (Å²) < 4.78 is 13.1. The Hall–Kier alpha value is -1.19. The zero-order valence-corrected chi connectivity index (χ0v) is 18.8. The number of ether oxygens (including phenoxy) is 2. The van der Waals surface area contributed by atoms with Crippen LogP contribution in [-0.4, -0.2) is 76.3 Å². The standard InChI is InChI=1S/C20H35N5O3S/c1-24(15-8-5-4-6-9-15)19(26)10-7-13-29-20-21-22-23-25(20)16-11-12-17(27-2)18(14-16)28-3/h15-18H,4-14H2,1-3H3. The highest BCUT2D eigenvalue weighted by Gasteiger charge is 2.33. The molecule has 0 spiro atoms. The van der Waals surface area contributed by atoms with E-state index in [0.29, 0.717) is 12.5 Å². The molecule has 8 nitrogen and oxygen atoms in total. The van der Waals surface area contributed by atoms with Crippen LogP contribution in [0.15, 0.2) is 5.16 Å². The second-order valence-corrected chi connectivity index (χ2v) is 9.23. The van der Waals surface area contributed by atoms with Gasteiger partial charge in [0.05, 0.1) is 18.2 Å². The lowest BCUT2D eigenvalue weighted by Crippen LogP contribution is -2.38. The van der Waals surface area contributed by atoms with Gasteiger partial charge in [0.2, 0.25) is 11.1 Å². The maximum absolute atomic E-state index is 12.5. The van der Waals surface area contributed by atoms with Crippen LogP contribution in [0.1, 0.15) is 70.3 Å². The van der Waals surface area contributed by atoms with Gasteiger partial charge in [-0.2, -0.15) is 0 Å². The molecule has 0 aliphatic heterocycles. The number of carbonyl (C=O) groups excluding carboxylic acids is 1. The van der Waals surface area contributed by atoms with Crippen molar-refractivity contribution in [3.8, 4) is 0 Å². The van der Waals surface area contributed by atoms with Gasteiger partial charge in [0.1, 0.15) is 0 Å². The van der Waals surface area contributed by atoms with Crippen LogP contribution in [0.25, 0.3) is 0 Å². The van der Waals surface area contributed by atoms with Crippen molar-refractivity contribution in [2.45, 2.75) is 93.7 Å². The van der Waals surface area contributed by atoms with E-state index in [1.165, 1.54) is 19.3 Å². The number of nitrogens with zero attached hydrogens (tertiary/aromatic N) is 5. The maximum atomic E-state index is 12.5. The van der Waals surface area contributed by atoms with Gasteiger partial charge in [0, 0.05) is 39.5 Å². The largest absolute Gasteiger partial charge is 0.379 e. The fourth-order valence-electron chi connectivity index (χ4n) is 4.56. The van der Waals surface area contributed by atoms with E-state index in [9.17, 15) is 4.79 Å². The molecule has 3 unspecified atom stereocenters. The van der Waals surface area contributed by atoms with Gasteiger partial charge < -0.3 is 14.4 Å². The number of carbonyl (C=O) groups is 1. The Morgan fingerprint density at radius 2 is 1.90 bits per heavy atom. The average molecular weight is 426 g/mol. The molecule has 1 aromatic rings. The highest BCUT2D eigenvalue weighted by atomic mass is 32.2. The molecule has 0 radical (unpaired) electrons. The summed E-state index contributed by atoms with van der Waals surface area (Å²) in [6.07, 6.45) is 10.5. The summed E-state index contributed by atoms with van der Waals surface area (Å²) in [5.41, 5.74) is 0. The van der Waals surface area contributed by atoms with Gasteiger partial charge >= 0.3 is 0 Å². The second kappa shape index (κ2) is 11.3. The van der Waals surface area contributed by atoms with Crippen LogP contribution >= 0.6 is 11.8 Å². The van der Waals surface area contributed by atoms with E-state index in [2.05, 4.69) is 15.5 Å². The van der Waals surface area contributed by atoms with E-state index in [4.69, 9.17) is 9.47 Å². The monoisotopic (exact) mass is 425 g/mol. The van der Waals surface area contributed by atoms with Crippen molar-refractivity contribution in [3.63, 3.8) is 0 Å². The molecule has 0 aromatic carbocycles. The van der Waals surface area contributed by atoms with E-state index in [1.54, 1.807) is 26.0 Å². The predicted octanol–water partition coefficient (Wildman–Crippen LogP) is 3.09. The van der Waals surface area contributed by atoms with Gasteiger partial charge in [-0.25, -0.2) is 4.68 Å².